The molecular formula is C13H22ClN3O. The third kappa shape index (κ3) is 4.12. The largest absolute Gasteiger partial charge is 0.383 e. The van der Waals surface area contributed by atoms with Crippen LogP contribution in [0.3, 0.4) is 0 Å². The van der Waals surface area contributed by atoms with Gasteiger partial charge in [-0.2, -0.15) is 0 Å². The van der Waals surface area contributed by atoms with Crippen molar-refractivity contribution in [2.45, 2.75) is 20.4 Å². The van der Waals surface area contributed by atoms with Crippen LogP contribution in [-0.4, -0.2) is 31.8 Å². The lowest BCUT2D eigenvalue weighted by Gasteiger charge is -2.26. The molecule has 0 unspecified atom stereocenters. The first-order valence-electron chi connectivity index (χ1n) is 6.17. The Morgan fingerprint density at radius 3 is 2.78 bits per heavy atom. The maximum Gasteiger partial charge on any atom is 0.147 e. The number of hydrogen-bond donors (Lipinski definition) is 1. The fourth-order valence-corrected chi connectivity index (χ4v) is 2.08. The quantitative estimate of drug-likeness (QED) is 0.827. The van der Waals surface area contributed by atoms with Crippen molar-refractivity contribution in [1.29, 1.82) is 0 Å². The van der Waals surface area contributed by atoms with Crippen LogP contribution in [0, 0.1) is 5.92 Å². The van der Waals surface area contributed by atoms with Crippen molar-refractivity contribution >= 4 is 17.4 Å². The second kappa shape index (κ2) is 7.56. The van der Waals surface area contributed by atoms with Crippen LogP contribution in [-0.2, 0) is 11.3 Å². The van der Waals surface area contributed by atoms with Crippen molar-refractivity contribution in [3.63, 3.8) is 0 Å². The normalized spacial score (nSPS) is 11.0. The zero-order valence-corrected chi connectivity index (χ0v) is 12.1. The van der Waals surface area contributed by atoms with Gasteiger partial charge in [0.25, 0.3) is 0 Å². The molecule has 0 bridgehead atoms. The van der Waals surface area contributed by atoms with Crippen LogP contribution in [0.2, 0.25) is 5.02 Å². The number of rotatable bonds is 7. The molecule has 2 N–H and O–H groups in total. The molecule has 0 aliphatic heterocycles. The van der Waals surface area contributed by atoms with Crippen molar-refractivity contribution in [3.05, 3.63) is 22.8 Å². The summed E-state index contributed by atoms with van der Waals surface area (Å²) < 4.78 is 5.13. The molecule has 0 atom stereocenters. The van der Waals surface area contributed by atoms with Crippen LogP contribution in [0.25, 0.3) is 0 Å². The maximum absolute atomic E-state index is 6.34. The molecule has 0 aliphatic rings. The van der Waals surface area contributed by atoms with Crippen molar-refractivity contribution < 1.29 is 4.74 Å². The molecular weight excluding hydrogens is 250 g/mol. The van der Waals surface area contributed by atoms with Crippen LogP contribution in [0.5, 0.6) is 0 Å². The average molecular weight is 272 g/mol. The molecule has 4 nitrogen and oxygen atoms in total. The lowest BCUT2D eigenvalue weighted by Crippen LogP contribution is -2.32. The molecule has 0 spiro atoms. The fraction of sp³-hybridized carbons (Fsp3) is 0.615. The number of nitrogens with zero attached hydrogens (tertiary/aromatic N) is 2. The molecule has 0 saturated heterocycles. The maximum atomic E-state index is 6.34. The van der Waals surface area contributed by atoms with E-state index < -0.39 is 0 Å². The smallest absolute Gasteiger partial charge is 0.147 e. The first-order chi connectivity index (χ1) is 8.60. The van der Waals surface area contributed by atoms with Crippen LogP contribution in [0.4, 0.5) is 5.82 Å². The number of ether oxygens (including phenoxy) is 1. The average Bonchev–Trinajstić information content (AvgIpc) is 2.34. The van der Waals surface area contributed by atoms with E-state index in [9.17, 15) is 0 Å². The number of aromatic nitrogens is 1. The van der Waals surface area contributed by atoms with Gasteiger partial charge in [-0.3, -0.25) is 0 Å². The van der Waals surface area contributed by atoms with Gasteiger partial charge in [0.1, 0.15) is 5.82 Å². The summed E-state index contributed by atoms with van der Waals surface area (Å²) in [7, 11) is 1.69. The van der Waals surface area contributed by atoms with Crippen LogP contribution >= 0.6 is 11.6 Å². The van der Waals surface area contributed by atoms with Gasteiger partial charge in [0.15, 0.2) is 0 Å². The molecule has 5 heteroatoms. The van der Waals surface area contributed by atoms with Crippen LogP contribution in [0.15, 0.2) is 12.3 Å². The Morgan fingerprint density at radius 2 is 2.22 bits per heavy atom. The Hall–Kier alpha value is -0.840. The summed E-state index contributed by atoms with van der Waals surface area (Å²) in [6.07, 6.45) is 1.75. The summed E-state index contributed by atoms with van der Waals surface area (Å²) in [5, 5.41) is 0.650. The highest BCUT2D eigenvalue weighted by molar-refractivity contribution is 6.33. The van der Waals surface area contributed by atoms with Crippen molar-refractivity contribution in [2.24, 2.45) is 11.7 Å². The van der Waals surface area contributed by atoms with E-state index in [4.69, 9.17) is 22.1 Å². The van der Waals surface area contributed by atoms with Crippen LogP contribution in [0.1, 0.15) is 19.4 Å². The predicted molar refractivity (Wildman–Crippen MR) is 76.1 cm³/mol. The summed E-state index contributed by atoms with van der Waals surface area (Å²) in [5.74, 6) is 1.33. The molecule has 0 fully saturated rings. The Bertz CT molecular complexity index is 371. The highest BCUT2D eigenvalue weighted by atomic mass is 35.5. The zero-order valence-electron chi connectivity index (χ0n) is 11.3. The van der Waals surface area contributed by atoms with Crippen molar-refractivity contribution in [3.8, 4) is 0 Å². The molecule has 0 aliphatic carbocycles. The number of nitrogens with two attached hydrogens (primary N) is 1. The van der Waals surface area contributed by atoms with E-state index in [1.165, 1.54) is 0 Å². The van der Waals surface area contributed by atoms with Gasteiger partial charge >= 0.3 is 0 Å². The van der Waals surface area contributed by atoms with E-state index in [-0.39, 0.29) is 0 Å². The van der Waals surface area contributed by atoms with E-state index in [1.54, 1.807) is 13.3 Å². The van der Waals surface area contributed by atoms with Gasteiger partial charge in [0.2, 0.25) is 0 Å². The highest BCUT2D eigenvalue weighted by Gasteiger charge is 2.15. The third-order valence-electron chi connectivity index (χ3n) is 2.62. The van der Waals surface area contributed by atoms with Gasteiger partial charge in [-0.15, -0.1) is 0 Å². The zero-order chi connectivity index (χ0) is 13.5. The molecule has 0 amide bonds. The fourth-order valence-electron chi connectivity index (χ4n) is 1.78. The molecule has 0 saturated carbocycles. The lowest BCUT2D eigenvalue weighted by molar-refractivity contribution is 0.204. The van der Waals surface area contributed by atoms with Crippen molar-refractivity contribution in [1.82, 2.24) is 4.98 Å². The second-order valence-electron chi connectivity index (χ2n) is 4.64. The van der Waals surface area contributed by atoms with Gasteiger partial charge in [-0.1, -0.05) is 25.4 Å². The molecule has 102 valence electrons. The molecule has 1 aromatic heterocycles. The van der Waals surface area contributed by atoms with Gasteiger partial charge in [-0.05, 0) is 17.5 Å². The number of pyridine rings is 1. The van der Waals surface area contributed by atoms with Gasteiger partial charge < -0.3 is 15.4 Å². The minimum atomic E-state index is 0.425. The monoisotopic (exact) mass is 271 g/mol. The molecule has 0 radical (unpaired) electrons. The summed E-state index contributed by atoms with van der Waals surface area (Å²) >= 11 is 6.34. The third-order valence-corrected chi connectivity index (χ3v) is 3.03. The Labute approximate surface area is 114 Å². The lowest BCUT2D eigenvalue weighted by atomic mass is 10.2. The van der Waals surface area contributed by atoms with Gasteiger partial charge in [0, 0.05) is 32.9 Å². The highest BCUT2D eigenvalue weighted by Crippen LogP contribution is 2.27. The SMILES string of the molecule is COCCN(CC(C)C)c1nccc(CN)c1Cl. The Balaban J connectivity index is 2.96. The first kappa shape index (κ1) is 15.2. The minimum absolute atomic E-state index is 0.425. The molecule has 18 heavy (non-hydrogen) atoms. The summed E-state index contributed by atoms with van der Waals surface area (Å²) in [6.45, 7) is 7.08. The van der Waals surface area contributed by atoms with E-state index >= 15 is 0 Å². The second-order valence-corrected chi connectivity index (χ2v) is 5.02. The predicted octanol–water partition coefficient (Wildman–Crippen LogP) is 2.30. The van der Waals surface area contributed by atoms with E-state index in [2.05, 4.69) is 23.7 Å². The number of halogens is 1. The molecule has 0 aromatic carbocycles. The standard InChI is InChI=1S/C13H22ClN3O/c1-10(2)9-17(6-7-18-3)13-12(14)11(8-15)4-5-16-13/h4-5,10H,6-9,15H2,1-3H3. The molecule has 1 heterocycles. The summed E-state index contributed by atoms with van der Waals surface area (Å²) in [6, 6.07) is 1.86. The summed E-state index contributed by atoms with van der Waals surface area (Å²) in [4.78, 5) is 6.52. The van der Waals surface area contributed by atoms with Crippen LogP contribution < -0.4 is 10.6 Å². The van der Waals surface area contributed by atoms with E-state index in [1.807, 2.05) is 6.07 Å². The molecule has 1 aromatic rings. The van der Waals surface area contributed by atoms with E-state index in [0.717, 1.165) is 24.5 Å². The summed E-state index contributed by atoms with van der Waals surface area (Å²) in [5.41, 5.74) is 6.59. The van der Waals surface area contributed by atoms with Gasteiger partial charge in [0.05, 0.1) is 11.6 Å². The number of hydrogen-bond acceptors (Lipinski definition) is 4. The first-order valence-corrected chi connectivity index (χ1v) is 6.55. The Morgan fingerprint density at radius 1 is 1.50 bits per heavy atom. The Kier molecular flexibility index (Phi) is 6.39. The minimum Gasteiger partial charge on any atom is -0.383 e. The van der Waals surface area contributed by atoms with Crippen molar-refractivity contribution in [2.75, 3.05) is 31.7 Å². The van der Waals surface area contributed by atoms with E-state index in [0.29, 0.717) is 24.1 Å². The number of anilines is 1. The van der Waals surface area contributed by atoms with Gasteiger partial charge in [-0.25, -0.2) is 4.98 Å². The molecule has 1 rings (SSSR count). The number of methoxy groups -OCH3 is 1. The topological polar surface area (TPSA) is 51.4 Å².